The molecule has 0 aliphatic carbocycles. The van der Waals surface area contributed by atoms with Gasteiger partial charge in [0.2, 0.25) is 5.82 Å². The zero-order valence-electron chi connectivity index (χ0n) is 24.0. The first kappa shape index (κ1) is 29.1. The molecule has 0 spiro atoms. The summed E-state index contributed by atoms with van der Waals surface area (Å²) in [5, 5.41) is 4.10. The SMILES string of the molecule is COCc1cc(-c2nc(-c3ccc(CN(C)CCC(=O)OC(C)(C)C)c(F)c3)no2)ccc1-c1ccccc1C. The number of nitrogens with zero attached hydrogens (tertiary/aromatic N) is 3. The van der Waals surface area contributed by atoms with Crippen LogP contribution in [0.25, 0.3) is 34.0 Å². The van der Waals surface area contributed by atoms with Crippen LogP contribution in [0.2, 0.25) is 0 Å². The number of rotatable bonds is 10. The minimum absolute atomic E-state index is 0.233. The molecule has 7 nitrogen and oxygen atoms in total. The zero-order chi connectivity index (χ0) is 28.9. The summed E-state index contributed by atoms with van der Waals surface area (Å²) in [5.41, 5.74) is 5.65. The largest absolute Gasteiger partial charge is 0.460 e. The van der Waals surface area contributed by atoms with Crippen molar-refractivity contribution in [2.75, 3.05) is 20.7 Å². The molecule has 4 aromatic rings. The number of aromatic nitrogens is 2. The molecule has 0 amide bonds. The van der Waals surface area contributed by atoms with Crippen LogP contribution in [0, 0.1) is 12.7 Å². The lowest BCUT2D eigenvalue weighted by Gasteiger charge is -2.21. The van der Waals surface area contributed by atoms with Gasteiger partial charge in [0.25, 0.3) is 5.89 Å². The van der Waals surface area contributed by atoms with Crippen molar-refractivity contribution in [1.29, 1.82) is 0 Å². The smallest absolute Gasteiger partial charge is 0.307 e. The number of carbonyl (C=O) groups excluding carboxylic acids is 1. The van der Waals surface area contributed by atoms with E-state index in [0.717, 1.165) is 22.3 Å². The van der Waals surface area contributed by atoms with Crippen molar-refractivity contribution >= 4 is 5.97 Å². The van der Waals surface area contributed by atoms with Crippen molar-refractivity contribution in [2.24, 2.45) is 0 Å². The molecule has 0 aliphatic heterocycles. The number of benzene rings is 3. The summed E-state index contributed by atoms with van der Waals surface area (Å²) in [4.78, 5) is 18.4. The Morgan fingerprint density at radius 1 is 1.00 bits per heavy atom. The predicted octanol–water partition coefficient (Wildman–Crippen LogP) is 6.83. The Morgan fingerprint density at radius 2 is 1.75 bits per heavy atom. The number of aryl methyl sites for hydroxylation is 1. The second-order valence-electron chi connectivity index (χ2n) is 10.9. The van der Waals surface area contributed by atoms with Gasteiger partial charge in [0.15, 0.2) is 0 Å². The number of hydrogen-bond acceptors (Lipinski definition) is 7. The first-order valence-electron chi connectivity index (χ1n) is 13.2. The minimum atomic E-state index is -0.524. The Hall–Kier alpha value is -3.88. The molecule has 0 atom stereocenters. The molecule has 0 N–H and O–H groups in total. The second kappa shape index (κ2) is 12.5. The minimum Gasteiger partial charge on any atom is -0.460 e. The molecule has 0 fully saturated rings. The molecule has 210 valence electrons. The van der Waals surface area contributed by atoms with Gasteiger partial charge < -0.3 is 18.9 Å². The van der Waals surface area contributed by atoms with Crippen LogP contribution in [0.1, 0.15) is 43.9 Å². The third kappa shape index (κ3) is 7.40. The molecule has 1 aromatic heterocycles. The lowest BCUT2D eigenvalue weighted by molar-refractivity contribution is -0.155. The van der Waals surface area contributed by atoms with Crippen LogP contribution in [-0.2, 0) is 27.4 Å². The van der Waals surface area contributed by atoms with E-state index in [-0.39, 0.29) is 18.2 Å². The van der Waals surface area contributed by atoms with Crippen molar-refractivity contribution < 1.29 is 23.2 Å². The molecule has 3 aromatic carbocycles. The van der Waals surface area contributed by atoms with Gasteiger partial charge in [0.05, 0.1) is 13.0 Å². The maximum absolute atomic E-state index is 15.0. The third-order valence-corrected chi connectivity index (χ3v) is 6.38. The molecular weight excluding hydrogens is 509 g/mol. The highest BCUT2D eigenvalue weighted by atomic mass is 19.1. The van der Waals surface area contributed by atoms with E-state index in [1.807, 2.05) is 63.1 Å². The Balaban J connectivity index is 1.47. The Kier molecular flexibility index (Phi) is 9.12. The van der Waals surface area contributed by atoms with E-state index in [0.29, 0.717) is 42.5 Å². The summed E-state index contributed by atoms with van der Waals surface area (Å²) in [6.45, 7) is 8.81. The lowest BCUT2D eigenvalue weighted by atomic mass is 9.94. The molecule has 0 saturated heterocycles. The van der Waals surface area contributed by atoms with E-state index in [1.165, 1.54) is 11.6 Å². The van der Waals surface area contributed by atoms with E-state index < -0.39 is 5.60 Å². The van der Waals surface area contributed by atoms with Gasteiger partial charge >= 0.3 is 5.97 Å². The lowest BCUT2D eigenvalue weighted by Crippen LogP contribution is -2.27. The van der Waals surface area contributed by atoms with Crippen molar-refractivity contribution in [3.63, 3.8) is 0 Å². The van der Waals surface area contributed by atoms with E-state index in [1.54, 1.807) is 19.2 Å². The molecule has 0 aliphatic rings. The third-order valence-electron chi connectivity index (χ3n) is 6.38. The van der Waals surface area contributed by atoms with Crippen molar-refractivity contribution in [3.8, 4) is 34.0 Å². The van der Waals surface area contributed by atoms with Gasteiger partial charge in [0.1, 0.15) is 11.4 Å². The summed E-state index contributed by atoms with van der Waals surface area (Å²) in [6.07, 6.45) is 0.233. The number of esters is 1. The molecule has 0 bridgehead atoms. The molecule has 8 heteroatoms. The normalized spacial score (nSPS) is 11.7. The van der Waals surface area contributed by atoms with Gasteiger partial charge in [0, 0.05) is 36.9 Å². The maximum atomic E-state index is 15.0. The number of carbonyl (C=O) groups is 1. The first-order chi connectivity index (χ1) is 19.0. The number of ether oxygens (including phenoxy) is 2. The standard InChI is InChI=1S/C32H36FN3O4/c1-21-9-7-8-10-26(21)27-14-13-23(17-25(27)20-38-6)31-34-30(35-40-31)22-11-12-24(28(33)18-22)19-36(5)16-15-29(37)39-32(2,3)4/h7-14,17-18H,15-16,19-20H2,1-6H3. The van der Waals surface area contributed by atoms with Crippen LogP contribution in [0.5, 0.6) is 0 Å². The number of methoxy groups -OCH3 is 1. The first-order valence-corrected chi connectivity index (χ1v) is 13.2. The highest BCUT2D eigenvalue weighted by molar-refractivity contribution is 5.74. The van der Waals surface area contributed by atoms with Crippen molar-refractivity contribution in [3.05, 3.63) is 83.2 Å². The molecule has 40 heavy (non-hydrogen) atoms. The fourth-order valence-corrected chi connectivity index (χ4v) is 4.46. The Bertz CT molecular complexity index is 1480. The summed E-state index contributed by atoms with van der Waals surface area (Å²) < 4.78 is 31.4. The summed E-state index contributed by atoms with van der Waals surface area (Å²) in [6, 6.07) is 19.0. The van der Waals surface area contributed by atoms with Crippen molar-refractivity contribution in [2.45, 2.75) is 52.9 Å². The van der Waals surface area contributed by atoms with Crippen LogP contribution in [0.15, 0.2) is 65.2 Å². The average Bonchev–Trinajstić information content (AvgIpc) is 3.39. The van der Waals surface area contributed by atoms with Gasteiger partial charge in [-0.25, -0.2) is 4.39 Å². The molecular formula is C32H36FN3O4. The van der Waals surface area contributed by atoms with Gasteiger partial charge in [-0.15, -0.1) is 0 Å². The maximum Gasteiger partial charge on any atom is 0.307 e. The fraction of sp³-hybridized carbons (Fsp3) is 0.344. The van der Waals surface area contributed by atoms with Gasteiger partial charge in [-0.05, 0) is 75.2 Å². The Morgan fingerprint density at radius 3 is 2.45 bits per heavy atom. The van der Waals surface area contributed by atoms with Crippen LogP contribution in [-0.4, -0.2) is 47.3 Å². The van der Waals surface area contributed by atoms with E-state index in [9.17, 15) is 4.79 Å². The van der Waals surface area contributed by atoms with Gasteiger partial charge in [-0.3, -0.25) is 4.79 Å². The van der Waals surface area contributed by atoms with E-state index in [2.05, 4.69) is 29.2 Å². The van der Waals surface area contributed by atoms with Crippen LogP contribution < -0.4 is 0 Å². The monoisotopic (exact) mass is 545 g/mol. The summed E-state index contributed by atoms with van der Waals surface area (Å²) >= 11 is 0. The van der Waals surface area contributed by atoms with Gasteiger partial charge in [-0.1, -0.05) is 47.6 Å². The molecule has 0 radical (unpaired) electrons. The molecule has 4 rings (SSSR count). The zero-order valence-corrected chi connectivity index (χ0v) is 24.0. The molecule has 0 unspecified atom stereocenters. The number of halogens is 1. The van der Waals surface area contributed by atoms with Crippen LogP contribution in [0.4, 0.5) is 4.39 Å². The molecule has 1 heterocycles. The highest BCUT2D eigenvalue weighted by Crippen LogP contribution is 2.32. The Labute approximate surface area is 234 Å². The topological polar surface area (TPSA) is 77.7 Å². The van der Waals surface area contributed by atoms with Crippen LogP contribution in [0.3, 0.4) is 0 Å². The highest BCUT2D eigenvalue weighted by Gasteiger charge is 2.18. The summed E-state index contributed by atoms with van der Waals surface area (Å²) in [5.74, 6) is -0.00905. The van der Waals surface area contributed by atoms with Crippen molar-refractivity contribution in [1.82, 2.24) is 15.0 Å². The quantitative estimate of drug-likeness (QED) is 0.202. The average molecular weight is 546 g/mol. The van der Waals surface area contributed by atoms with Crippen LogP contribution >= 0.6 is 0 Å². The molecule has 0 saturated carbocycles. The predicted molar refractivity (Wildman–Crippen MR) is 153 cm³/mol. The number of hydrogen-bond donors (Lipinski definition) is 0. The fourth-order valence-electron chi connectivity index (χ4n) is 4.46. The second-order valence-corrected chi connectivity index (χ2v) is 10.9. The van der Waals surface area contributed by atoms with E-state index in [4.69, 9.17) is 14.0 Å². The summed E-state index contributed by atoms with van der Waals surface area (Å²) in [7, 11) is 3.50. The van der Waals surface area contributed by atoms with Gasteiger partial charge in [-0.2, -0.15) is 4.98 Å². The van der Waals surface area contributed by atoms with E-state index >= 15 is 4.39 Å².